The van der Waals surface area contributed by atoms with E-state index in [0.29, 0.717) is 0 Å². The van der Waals surface area contributed by atoms with Crippen LogP contribution in [0.15, 0.2) is 30.3 Å². The maximum atomic E-state index is 2.44. The fraction of sp³-hybridized carbons (Fsp3) is 0.500. The van der Waals surface area contributed by atoms with Crippen LogP contribution in [0.5, 0.6) is 0 Å². The van der Waals surface area contributed by atoms with Gasteiger partial charge < -0.3 is 0 Å². The molecule has 0 saturated carbocycles. The molecule has 1 aromatic rings. The van der Waals surface area contributed by atoms with Crippen LogP contribution in [0, 0.1) is 0 Å². The smallest absolute Gasteiger partial charge is 0.0583 e. The fourth-order valence-corrected chi connectivity index (χ4v) is 3.93. The van der Waals surface area contributed by atoms with Gasteiger partial charge in [-0.1, -0.05) is 56.9 Å². The van der Waals surface area contributed by atoms with E-state index in [1.165, 1.54) is 5.56 Å². The summed E-state index contributed by atoms with van der Waals surface area (Å²) in [6.07, 6.45) is 0. The summed E-state index contributed by atoms with van der Waals surface area (Å²) < 4.78 is 0. The molecular formula is C12H20SSi. The summed E-state index contributed by atoms with van der Waals surface area (Å²) in [5.74, 6) is 1.16. The van der Waals surface area contributed by atoms with Gasteiger partial charge >= 0.3 is 0 Å². The molecule has 14 heavy (non-hydrogen) atoms. The van der Waals surface area contributed by atoms with Crippen molar-refractivity contribution in [3.63, 3.8) is 0 Å². The van der Waals surface area contributed by atoms with E-state index in [9.17, 15) is 0 Å². The Balaban J connectivity index is 2.42. The van der Waals surface area contributed by atoms with Gasteiger partial charge in [-0.25, -0.2) is 0 Å². The first-order valence-corrected chi connectivity index (χ1v) is 9.78. The molecule has 0 saturated heterocycles. The van der Waals surface area contributed by atoms with Gasteiger partial charge in [-0.15, -0.1) is 0 Å². The molecule has 0 heterocycles. The molecule has 0 nitrogen and oxygen atoms in total. The molecule has 0 N–H and O–H groups in total. The highest BCUT2D eigenvalue weighted by Gasteiger charge is 2.22. The van der Waals surface area contributed by atoms with Crippen LogP contribution < -0.4 is 0 Å². The zero-order valence-corrected chi connectivity index (χ0v) is 11.4. The highest BCUT2D eigenvalue weighted by Crippen LogP contribution is 2.24. The van der Waals surface area contributed by atoms with Crippen LogP contribution >= 0.6 is 11.8 Å². The van der Waals surface area contributed by atoms with Crippen molar-refractivity contribution >= 4 is 19.8 Å². The van der Waals surface area contributed by atoms with Crippen LogP contribution in [0.3, 0.4) is 0 Å². The fourth-order valence-electron chi connectivity index (χ4n) is 1.05. The Labute approximate surface area is 93.1 Å². The van der Waals surface area contributed by atoms with E-state index in [0.717, 1.165) is 10.6 Å². The Kier molecular flexibility index (Phi) is 4.26. The number of hydrogen-bond acceptors (Lipinski definition) is 1. The SMILES string of the molecule is CC(SCc1ccccc1)[Si](C)(C)C. The van der Waals surface area contributed by atoms with Gasteiger partial charge in [-0.05, 0) is 10.4 Å². The molecule has 0 aliphatic rings. The summed E-state index contributed by atoms with van der Waals surface area (Å²) in [4.78, 5) is 0.836. The van der Waals surface area contributed by atoms with Crippen LogP contribution in [0.1, 0.15) is 12.5 Å². The Bertz CT molecular complexity index is 263. The van der Waals surface area contributed by atoms with Crippen LogP contribution in [-0.4, -0.2) is 12.9 Å². The normalized spacial score (nSPS) is 14.0. The molecule has 1 atom stereocenters. The van der Waals surface area contributed by atoms with Crippen molar-refractivity contribution in [2.45, 2.75) is 37.2 Å². The zero-order valence-electron chi connectivity index (χ0n) is 9.58. The van der Waals surface area contributed by atoms with E-state index < -0.39 is 8.07 Å². The standard InChI is InChI=1S/C12H20SSi/c1-11(14(2,3)4)13-10-12-8-6-5-7-9-12/h5-9,11H,10H2,1-4H3. The molecule has 2 heteroatoms. The van der Waals surface area contributed by atoms with E-state index in [1.54, 1.807) is 0 Å². The van der Waals surface area contributed by atoms with Crippen LogP contribution in [0.4, 0.5) is 0 Å². The molecule has 1 aromatic carbocycles. The van der Waals surface area contributed by atoms with Crippen molar-refractivity contribution in [3.8, 4) is 0 Å². The van der Waals surface area contributed by atoms with Crippen molar-refractivity contribution in [2.75, 3.05) is 0 Å². The van der Waals surface area contributed by atoms with Crippen LogP contribution in [-0.2, 0) is 5.75 Å². The molecule has 0 radical (unpaired) electrons. The lowest BCUT2D eigenvalue weighted by molar-refractivity contribution is 1.27. The lowest BCUT2D eigenvalue weighted by Gasteiger charge is -2.24. The monoisotopic (exact) mass is 224 g/mol. The summed E-state index contributed by atoms with van der Waals surface area (Å²) in [5.41, 5.74) is 1.45. The third-order valence-corrected chi connectivity index (χ3v) is 8.62. The summed E-state index contributed by atoms with van der Waals surface area (Å²) in [6.45, 7) is 9.70. The van der Waals surface area contributed by atoms with Gasteiger partial charge in [-0.2, -0.15) is 11.8 Å². The maximum absolute atomic E-state index is 2.44. The second-order valence-corrected chi connectivity index (χ2v) is 12.2. The molecule has 78 valence electrons. The largest absolute Gasteiger partial charge is 0.157 e. The highest BCUT2D eigenvalue weighted by molar-refractivity contribution is 8.00. The van der Waals surface area contributed by atoms with Gasteiger partial charge in [0.1, 0.15) is 0 Å². The van der Waals surface area contributed by atoms with E-state index in [2.05, 4.69) is 68.7 Å². The van der Waals surface area contributed by atoms with E-state index >= 15 is 0 Å². The van der Waals surface area contributed by atoms with E-state index in [-0.39, 0.29) is 0 Å². The molecule has 1 unspecified atom stereocenters. The van der Waals surface area contributed by atoms with Crippen LogP contribution in [0.2, 0.25) is 19.6 Å². The van der Waals surface area contributed by atoms with E-state index in [4.69, 9.17) is 0 Å². The topological polar surface area (TPSA) is 0 Å². The Morgan fingerprint density at radius 2 is 1.71 bits per heavy atom. The quantitative estimate of drug-likeness (QED) is 0.691. The average Bonchev–Trinajstić information content (AvgIpc) is 2.14. The molecule has 0 bridgehead atoms. The van der Waals surface area contributed by atoms with Crippen molar-refractivity contribution in [1.82, 2.24) is 0 Å². The van der Waals surface area contributed by atoms with Gasteiger partial charge in [0.25, 0.3) is 0 Å². The summed E-state index contributed by atoms with van der Waals surface area (Å²) >= 11 is 2.10. The Hall–Kier alpha value is -0.213. The van der Waals surface area contributed by atoms with Gasteiger partial charge in [-0.3, -0.25) is 0 Å². The minimum Gasteiger partial charge on any atom is -0.157 e. The minimum atomic E-state index is -0.952. The van der Waals surface area contributed by atoms with Crippen molar-refractivity contribution in [1.29, 1.82) is 0 Å². The molecule has 0 fully saturated rings. The third-order valence-electron chi connectivity index (χ3n) is 2.56. The summed E-state index contributed by atoms with van der Waals surface area (Å²) in [7, 11) is -0.952. The maximum Gasteiger partial charge on any atom is 0.0583 e. The highest BCUT2D eigenvalue weighted by atomic mass is 32.2. The lowest BCUT2D eigenvalue weighted by atomic mass is 10.2. The van der Waals surface area contributed by atoms with Gasteiger partial charge in [0.2, 0.25) is 0 Å². The predicted octanol–water partition coefficient (Wildman–Crippen LogP) is 4.19. The minimum absolute atomic E-state index is 0.836. The molecule has 0 aliphatic carbocycles. The molecule has 0 spiro atoms. The first-order chi connectivity index (χ1) is 6.50. The van der Waals surface area contributed by atoms with Crippen molar-refractivity contribution in [3.05, 3.63) is 35.9 Å². The van der Waals surface area contributed by atoms with Crippen LogP contribution in [0.25, 0.3) is 0 Å². The molecule has 0 aliphatic heterocycles. The second-order valence-electron chi connectivity index (χ2n) is 4.80. The van der Waals surface area contributed by atoms with Crippen molar-refractivity contribution < 1.29 is 0 Å². The van der Waals surface area contributed by atoms with Crippen molar-refractivity contribution in [2.24, 2.45) is 0 Å². The van der Waals surface area contributed by atoms with E-state index in [1.807, 2.05) is 0 Å². The van der Waals surface area contributed by atoms with Gasteiger partial charge in [0.15, 0.2) is 0 Å². The molecular weight excluding hydrogens is 204 g/mol. The number of benzene rings is 1. The second kappa shape index (κ2) is 5.03. The number of thioether (sulfide) groups is 1. The number of hydrogen-bond donors (Lipinski definition) is 0. The molecule has 1 rings (SSSR count). The summed E-state index contributed by atoms with van der Waals surface area (Å²) in [5, 5.41) is 0. The zero-order chi connectivity index (χ0) is 10.6. The Morgan fingerprint density at radius 1 is 1.14 bits per heavy atom. The average molecular weight is 224 g/mol. The number of rotatable bonds is 4. The first-order valence-electron chi connectivity index (χ1n) is 5.15. The lowest BCUT2D eigenvalue weighted by Crippen LogP contribution is -2.33. The van der Waals surface area contributed by atoms with Gasteiger partial charge in [0, 0.05) is 5.75 Å². The third kappa shape index (κ3) is 3.89. The molecule has 0 aromatic heterocycles. The van der Waals surface area contributed by atoms with Gasteiger partial charge in [0.05, 0.1) is 8.07 Å². The Morgan fingerprint density at radius 3 is 2.21 bits per heavy atom. The predicted molar refractivity (Wildman–Crippen MR) is 70.5 cm³/mol. The first kappa shape index (κ1) is 11.9. The molecule has 0 amide bonds. The summed E-state index contributed by atoms with van der Waals surface area (Å²) in [6, 6.07) is 10.7.